The second-order valence-corrected chi connectivity index (χ2v) is 3.42. The van der Waals surface area contributed by atoms with E-state index < -0.39 is 0 Å². The third-order valence-electron chi connectivity index (χ3n) is 1.17. The predicted molar refractivity (Wildman–Crippen MR) is 39.7 cm³/mol. The molecule has 0 atom stereocenters. The Hall–Kier alpha value is 0.380. The third kappa shape index (κ3) is 1.43. The van der Waals surface area contributed by atoms with Crippen molar-refractivity contribution in [3.8, 4) is 0 Å². The second-order valence-electron chi connectivity index (χ2n) is 1.78. The van der Waals surface area contributed by atoms with E-state index in [1.165, 1.54) is 5.57 Å². The molecule has 0 N–H and O–H groups in total. The first-order chi connectivity index (χ1) is 3.83. The van der Waals surface area contributed by atoms with Crippen molar-refractivity contribution < 1.29 is 0 Å². The maximum atomic E-state index is 5.71. The zero-order valence-electron chi connectivity index (χ0n) is 4.78. The number of rotatable bonds is 1. The molecule has 1 radical (unpaired) electrons. The van der Waals surface area contributed by atoms with Gasteiger partial charge in [-0.15, -0.1) is 23.4 Å². The Balaban J connectivity index is 2.37. The zero-order valence-corrected chi connectivity index (χ0v) is 6.35. The number of thioether (sulfide) groups is 1. The first-order valence-corrected chi connectivity index (χ1v) is 3.94. The standard InChI is InChI=1S/C6H8ClS/c1-2-5-3-6(7)8-4-5/h4H,2-3H2,1H3. The average molecular weight is 148 g/mol. The van der Waals surface area contributed by atoms with E-state index in [1.807, 2.05) is 0 Å². The Morgan fingerprint density at radius 2 is 2.62 bits per heavy atom. The van der Waals surface area contributed by atoms with Gasteiger partial charge in [0.25, 0.3) is 0 Å². The van der Waals surface area contributed by atoms with Gasteiger partial charge in [-0.25, -0.2) is 0 Å². The Morgan fingerprint density at radius 1 is 1.88 bits per heavy atom. The molecule has 0 unspecified atom stereocenters. The lowest BCUT2D eigenvalue weighted by Gasteiger charge is -1.93. The minimum Gasteiger partial charge on any atom is -0.108 e. The maximum Gasteiger partial charge on any atom is 0.126 e. The fourth-order valence-electron chi connectivity index (χ4n) is 0.617. The van der Waals surface area contributed by atoms with Gasteiger partial charge in [0.05, 0.1) is 0 Å². The summed E-state index contributed by atoms with van der Waals surface area (Å²) < 4.78 is 1.02. The Bertz CT molecular complexity index is 109. The van der Waals surface area contributed by atoms with Gasteiger partial charge in [0.15, 0.2) is 0 Å². The van der Waals surface area contributed by atoms with Crippen LogP contribution in [0.15, 0.2) is 11.0 Å². The smallest absolute Gasteiger partial charge is 0.108 e. The lowest BCUT2D eigenvalue weighted by molar-refractivity contribution is 1.03. The summed E-state index contributed by atoms with van der Waals surface area (Å²) in [6.07, 6.45) is 2.14. The largest absolute Gasteiger partial charge is 0.126 e. The normalized spacial score (nSPS) is 21.5. The number of hydrogen-bond donors (Lipinski definition) is 0. The van der Waals surface area contributed by atoms with Gasteiger partial charge < -0.3 is 0 Å². The molecule has 0 saturated heterocycles. The SMILES string of the molecule is CCC1=CS[C](Cl)C1. The third-order valence-corrected chi connectivity index (χ3v) is 2.43. The van der Waals surface area contributed by atoms with Crippen LogP contribution in [0.25, 0.3) is 0 Å². The molecule has 0 aromatic heterocycles. The monoisotopic (exact) mass is 147 g/mol. The van der Waals surface area contributed by atoms with Crippen LogP contribution in [0.2, 0.25) is 0 Å². The van der Waals surface area contributed by atoms with Gasteiger partial charge in [0.2, 0.25) is 0 Å². The Kier molecular flexibility index (Phi) is 2.27. The molecule has 0 nitrogen and oxygen atoms in total. The Labute approximate surface area is 59.3 Å². The predicted octanol–water partition coefficient (Wildman–Crippen LogP) is 3.15. The minimum atomic E-state index is 1.00. The van der Waals surface area contributed by atoms with E-state index >= 15 is 0 Å². The highest BCUT2D eigenvalue weighted by atomic mass is 35.5. The summed E-state index contributed by atoms with van der Waals surface area (Å²) >= 11 is 7.36. The van der Waals surface area contributed by atoms with Crippen LogP contribution in [0.4, 0.5) is 0 Å². The summed E-state index contributed by atoms with van der Waals surface area (Å²) in [6, 6.07) is 0. The number of allylic oxidation sites excluding steroid dienone is 1. The summed E-state index contributed by atoms with van der Waals surface area (Å²) in [4.78, 5) is 0. The van der Waals surface area contributed by atoms with Crippen LogP contribution in [0, 0.1) is 4.71 Å². The van der Waals surface area contributed by atoms with E-state index in [-0.39, 0.29) is 0 Å². The van der Waals surface area contributed by atoms with Crippen LogP contribution in [0.3, 0.4) is 0 Å². The van der Waals surface area contributed by atoms with Crippen LogP contribution in [-0.4, -0.2) is 0 Å². The molecule has 1 rings (SSSR count). The molecule has 45 valence electrons. The van der Waals surface area contributed by atoms with Crippen molar-refractivity contribution in [2.45, 2.75) is 19.8 Å². The summed E-state index contributed by atoms with van der Waals surface area (Å²) in [5, 5.41) is 2.14. The second kappa shape index (κ2) is 2.79. The summed E-state index contributed by atoms with van der Waals surface area (Å²) in [6.45, 7) is 2.15. The van der Waals surface area contributed by atoms with E-state index in [2.05, 4.69) is 12.3 Å². The maximum absolute atomic E-state index is 5.71. The van der Waals surface area contributed by atoms with Crippen molar-refractivity contribution in [2.75, 3.05) is 0 Å². The van der Waals surface area contributed by atoms with Crippen LogP contribution in [-0.2, 0) is 0 Å². The van der Waals surface area contributed by atoms with Gasteiger partial charge in [0, 0.05) is 6.42 Å². The molecule has 0 spiro atoms. The highest BCUT2D eigenvalue weighted by molar-refractivity contribution is 8.06. The van der Waals surface area contributed by atoms with E-state index in [9.17, 15) is 0 Å². The van der Waals surface area contributed by atoms with E-state index in [1.54, 1.807) is 11.8 Å². The molecule has 0 aromatic rings. The fourth-order valence-corrected chi connectivity index (χ4v) is 1.74. The van der Waals surface area contributed by atoms with Gasteiger partial charge in [-0.2, -0.15) is 0 Å². The molecule has 0 aromatic carbocycles. The van der Waals surface area contributed by atoms with Gasteiger partial charge >= 0.3 is 0 Å². The number of halogens is 1. The lowest BCUT2D eigenvalue weighted by Crippen LogP contribution is -1.75. The van der Waals surface area contributed by atoms with Gasteiger partial charge in [-0.1, -0.05) is 12.5 Å². The minimum absolute atomic E-state index is 1.00. The summed E-state index contributed by atoms with van der Waals surface area (Å²) in [7, 11) is 0. The van der Waals surface area contributed by atoms with Gasteiger partial charge in [0.1, 0.15) is 4.71 Å². The van der Waals surface area contributed by atoms with Crippen LogP contribution < -0.4 is 0 Å². The molecule has 0 saturated carbocycles. The first kappa shape index (κ1) is 6.50. The number of hydrogen-bond acceptors (Lipinski definition) is 1. The topological polar surface area (TPSA) is 0 Å². The summed E-state index contributed by atoms with van der Waals surface area (Å²) in [5.41, 5.74) is 1.46. The summed E-state index contributed by atoms with van der Waals surface area (Å²) in [5.74, 6) is 0. The fraction of sp³-hybridized carbons (Fsp3) is 0.500. The Morgan fingerprint density at radius 3 is 2.88 bits per heavy atom. The highest BCUT2D eigenvalue weighted by Gasteiger charge is 2.13. The molecule has 0 fully saturated rings. The molecule has 0 amide bonds. The molecule has 2 heteroatoms. The van der Waals surface area contributed by atoms with Crippen LogP contribution in [0.1, 0.15) is 19.8 Å². The molecular formula is C6H8ClS. The molecule has 0 aliphatic carbocycles. The lowest BCUT2D eigenvalue weighted by atomic mass is 10.2. The van der Waals surface area contributed by atoms with Gasteiger partial charge in [-0.3, -0.25) is 0 Å². The zero-order chi connectivity index (χ0) is 5.98. The van der Waals surface area contributed by atoms with E-state index in [4.69, 9.17) is 11.6 Å². The molecule has 1 aliphatic rings. The average Bonchev–Trinajstić information content (AvgIpc) is 2.14. The quantitative estimate of drug-likeness (QED) is 0.549. The van der Waals surface area contributed by atoms with Crippen molar-refractivity contribution >= 4 is 23.4 Å². The van der Waals surface area contributed by atoms with Crippen molar-refractivity contribution in [3.05, 3.63) is 15.7 Å². The van der Waals surface area contributed by atoms with E-state index in [0.29, 0.717) is 0 Å². The molecule has 1 heterocycles. The molecule has 0 bridgehead atoms. The van der Waals surface area contributed by atoms with Crippen LogP contribution in [0.5, 0.6) is 0 Å². The highest BCUT2D eigenvalue weighted by Crippen LogP contribution is 2.40. The van der Waals surface area contributed by atoms with E-state index in [0.717, 1.165) is 17.6 Å². The molecule has 8 heavy (non-hydrogen) atoms. The molecular weight excluding hydrogens is 140 g/mol. The van der Waals surface area contributed by atoms with Crippen molar-refractivity contribution in [2.24, 2.45) is 0 Å². The van der Waals surface area contributed by atoms with Gasteiger partial charge in [-0.05, 0) is 11.8 Å². The first-order valence-electron chi connectivity index (χ1n) is 2.69. The van der Waals surface area contributed by atoms with Crippen LogP contribution >= 0.6 is 23.4 Å². The molecule has 1 aliphatic heterocycles. The van der Waals surface area contributed by atoms with Crippen molar-refractivity contribution in [1.29, 1.82) is 0 Å². The van der Waals surface area contributed by atoms with Crippen molar-refractivity contribution in [1.82, 2.24) is 0 Å². The van der Waals surface area contributed by atoms with Crippen molar-refractivity contribution in [3.63, 3.8) is 0 Å².